The number of carbonyl (C=O) groups excluding carboxylic acids is 2. The smallest absolute Gasteiger partial charge is 0.407 e. The summed E-state index contributed by atoms with van der Waals surface area (Å²) in [4.78, 5) is 20.5. The summed E-state index contributed by atoms with van der Waals surface area (Å²) >= 11 is 0. The number of hydrogen-bond acceptors (Lipinski definition) is 4. The maximum atomic E-state index is 10.3. The van der Waals surface area contributed by atoms with Crippen molar-refractivity contribution in [3.8, 4) is 0 Å². The molecular formula is C9H16N2O4. The number of amides is 2. The molecule has 0 aliphatic carbocycles. The molecule has 0 spiro atoms. The molecule has 2 fully saturated rings. The van der Waals surface area contributed by atoms with E-state index in [-0.39, 0.29) is 12.2 Å². The Morgan fingerprint density at radius 2 is 1.33 bits per heavy atom. The van der Waals surface area contributed by atoms with Gasteiger partial charge in [0.2, 0.25) is 0 Å². The minimum absolute atomic E-state index is 0.275. The van der Waals surface area contributed by atoms with Gasteiger partial charge in [0.1, 0.15) is 0 Å². The summed E-state index contributed by atoms with van der Waals surface area (Å²) in [7, 11) is 0. The zero-order valence-corrected chi connectivity index (χ0v) is 8.58. The molecule has 0 saturated carbocycles. The minimum atomic E-state index is -0.286. The molecule has 2 heterocycles. The average Bonchev–Trinajstić information content (AvgIpc) is 2.48. The quantitative estimate of drug-likeness (QED) is 0.622. The molecule has 0 aromatic heterocycles. The van der Waals surface area contributed by atoms with Gasteiger partial charge in [-0.15, -0.1) is 0 Å². The Labute approximate surface area is 88.3 Å². The number of carbonyl (C=O) groups is 2. The molecule has 6 heteroatoms. The van der Waals surface area contributed by atoms with Crippen LogP contribution in [-0.4, -0.2) is 38.5 Å². The zero-order valence-electron chi connectivity index (χ0n) is 8.58. The standard InChI is InChI=1S/C5H9NO2.C4H7NO2/c7-5-6-3-1-2-4-8-5;6-4-5-2-1-3-7-4/h1-4H2,(H,6,7);1-3H2,(H,5,6). The topological polar surface area (TPSA) is 76.7 Å². The van der Waals surface area contributed by atoms with E-state index in [0.717, 1.165) is 32.4 Å². The third kappa shape index (κ3) is 5.77. The van der Waals surface area contributed by atoms with Crippen LogP contribution in [0.5, 0.6) is 0 Å². The van der Waals surface area contributed by atoms with E-state index >= 15 is 0 Å². The van der Waals surface area contributed by atoms with Gasteiger partial charge in [-0.25, -0.2) is 9.59 Å². The monoisotopic (exact) mass is 216 g/mol. The van der Waals surface area contributed by atoms with Crippen LogP contribution in [0.15, 0.2) is 0 Å². The molecule has 2 saturated heterocycles. The molecule has 0 atom stereocenters. The number of cyclic esters (lactones) is 2. The van der Waals surface area contributed by atoms with Crippen molar-refractivity contribution in [2.75, 3.05) is 26.3 Å². The lowest BCUT2D eigenvalue weighted by Gasteiger charge is -2.10. The van der Waals surface area contributed by atoms with Gasteiger partial charge in [0.15, 0.2) is 0 Å². The summed E-state index contributed by atoms with van der Waals surface area (Å²) in [6.07, 6.45) is 2.39. The summed E-state index contributed by atoms with van der Waals surface area (Å²) in [6.45, 7) is 2.68. The zero-order chi connectivity index (χ0) is 10.9. The van der Waals surface area contributed by atoms with Crippen molar-refractivity contribution >= 4 is 12.2 Å². The molecule has 0 aromatic rings. The van der Waals surface area contributed by atoms with Gasteiger partial charge in [-0.3, -0.25) is 0 Å². The molecule has 0 bridgehead atoms. The van der Waals surface area contributed by atoms with E-state index in [0.29, 0.717) is 13.2 Å². The van der Waals surface area contributed by atoms with Crippen LogP contribution in [0.1, 0.15) is 19.3 Å². The number of rotatable bonds is 0. The maximum Gasteiger partial charge on any atom is 0.407 e. The van der Waals surface area contributed by atoms with Gasteiger partial charge in [0.05, 0.1) is 13.2 Å². The fourth-order valence-electron chi connectivity index (χ4n) is 1.11. The molecule has 0 radical (unpaired) electrons. The van der Waals surface area contributed by atoms with Crippen molar-refractivity contribution in [1.29, 1.82) is 0 Å². The lowest BCUT2D eigenvalue weighted by molar-refractivity contribution is 0.129. The van der Waals surface area contributed by atoms with Gasteiger partial charge >= 0.3 is 12.2 Å². The van der Waals surface area contributed by atoms with E-state index < -0.39 is 0 Å². The van der Waals surface area contributed by atoms with Crippen molar-refractivity contribution in [2.45, 2.75) is 19.3 Å². The molecular weight excluding hydrogens is 200 g/mol. The third-order valence-corrected chi connectivity index (χ3v) is 1.90. The molecule has 2 rings (SSSR count). The third-order valence-electron chi connectivity index (χ3n) is 1.90. The predicted molar refractivity (Wildman–Crippen MR) is 52.6 cm³/mol. The molecule has 0 aromatic carbocycles. The average molecular weight is 216 g/mol. The normalized spacial score (nSPS) is 20.5. The van der Waals surface area contributed by atoms with Gasteiger partial charge in [0, 0.05) is 13.1 Å². The number of ether oxygens (including phenoxy) is 2. The second-order valence-corrected chi connectivity index (χ2v) is 3.19. The molecule has 0 unspecified atom stereocenters. The van der Waals surface area contributed by atoms with Crippen LogP contribution in [0.4, 0.5) is 9.59 Å². The van der Waals surface area contributed by atoms with Crippen LogP contribution >= 0.6 is 0 Å². The van der Waals surface area contributed by atoms with Crippen LogP contribution in [0.25, 0.3) is 0 Å². The highest BCUT2D eigenvalue weighted by Gasteiger charge is 2.04. The first-order valence-corrected chi connectivity index (χ1v) is 5.10. The van der Waals surface area contributed by atoms with Crippen LogP contribution in [-0.2, 0) is 9.47 Å². The largest absolute Gasteiger partial charge is 0.450 e. The van der Waals surface area contributed by atoms with Gasteiger partial charge in [-0.1, -0.05) is 0 Å². The second kappa shape index (κ2) is 6.92. The van der Waals surface area contributed by atoms with Gasteiger partial charge in [-0.05, 0) is 19.3 Å². The Hall–Kier alpha value is -1.46. The Balaban J connectivity index is 0.000000151. The highest BCUT2D eigenvalue weighted by molar-refractivity contribution is 5.67. The molecule has 6 nitrogen and oxygen atoms in total. The number of alkyl carbamates (subject to hydrolysis) is 2. The molecule has 2 N–H and O–H groups in total. The van der Waals surface area contributed by atoms with Crippen LogP contribution in [0.3, 0.4) is 0 Å². The van der Waals surface area contributed by atoms with Gasteiger partial charge < -0.3 is 20.1 Å². The van der Waals surface area contributed by atoms with Crippen molar-refractivity contribution in [3.63, 3.8) is 0 Å². The van der Waals surface area contributed by atoms with E-state index in [1.807, 2.05) is 0 Å². The van der Waals surface area contributed by atoms with Gasteiger partial charge in [-0.2, -0.15) is 0 Å². The molecule has 15 heavy (non-hydrogen) atoms. The van der Waals surface area contributed by atoms with Crippen LogP contribution in [0.2, 0.25) is 0 Å². The number of hydrogen-bond donors (Lipinski definition) is 2. The van der Waals surface area contributed by atoms with Crippen LogP contribution < -0.4 is 10.6 Å². The summed E-state index contributed by atoms with van der Waals surface area (Å²) in [6, 6.07) is 0. The summed E-state index contributed by atoms with van der Waals surface area (Å²) in [5.41, 5.74) is 0. The molecule has 2 aliphatic heterocycles. The lowest BCUT2D eigenvalue weighted by Crippen LogP contribution is -2.31. The lowest BCUT2D eigenvalue weighted by atomic mass is 10.3. The van der Waals surface area contributed by atoms with Crippen LogP contribution in [0, 0.1) is 0 Å². The first-order valence-electron chi connectivity index (χ1n) is 5.10. The van der Waals surface area contributed by atoms with Gasteiger partial charge in [0.25, 0.3) is 0 Å². The first-order chi connectivity index (χ1) is 7.29. The van der Waals surface area contributed by atoms with E-state index in [1.54, 1.807) is 0 Å². The van der Waals surface area contributed by atoms with Crippen molar-refractivity contribution < 1.29 is 19.1 Å². The van der Waals surface area contributed by atoms with E-state index in [1.165, 1.54) is 0 Å². The summed E-state index contributed by atoms with van der Waals surface area (Å²) in [5, 5.41) is 5.10. The molecule has 2 aliphatic rings. The fourth-order valence-corrected chi connectivity index (χ4v) is 1.11. The van der Waals surface area contributed by atoms with Crippen molar-refractivity contribution in [3.05, 3.63) is 0 Å². The number of nitrogens with one attached hydrogen (secondary N) is 2. The first kappa shape index (κ1) is 11.6. The summed E-state index contributed by atoms with van der Waals surface area (Å²) < 4.78 is 9.18. The fraction of sp³-hybridized carbons (Fsp3) is 0.778. The van der Waals surface area contributed by atoms with E-state index in [9.17, 15) is 9.59 Å². The highest BCUT2D eigenvalue weighted by Crippen LogP contribution is 1.93. The Kier molecular flexibility index (Phi) is 5.35. The van der Waals surface area contributed by atoms with Crippen molar-refractivity contribution in [1.82, 2.24) is 10.6 Å². The van der Waals surface area contributed by atoms with Crippen molar-refractivity contribution in [2.24, 2.45) is 0 Å². The Morgan fingerprint density at radius 3 is 1.93 bits per heavy atom. The second-order valence-electron chi connectivity index (χ2n) is 3.19. The van der Waals surface area contributed by atoms with E-state index in [4.69, 9.17) is 0 Å². The molecule has 2 amide bonds. The SMILES string of the molecule is O=C1NCCCCO1.O=C1NCCCO1. The predicted octanol–water partition coefficient (Wildman–Crippen LogP) is 0.623. The maximum absolute atomic E-state index is 10.3. The summed E-state index contributed by atoms with van der Waals surface area (Å²) in [5.74, 6) is 0. The Bertz CT molecular complexity index is 202. The van der Waals surface area contributed by atoms with E-state index in [2.05, 4.69) is 20.1 Å². The minimum Gasteiger partial charge on any atom is -0.450 e. The Morgan fingerprint density at radius 1 is 0.800 bits per heavy atom. The molecule has 86 valence electrons. The highest BCUT2D eigenvalue weighted by atomic mass is 16.6.